The lowest BCUT2D eigenvalue weighted by atomic mass is 10.0. The maximum absolute atomic E-state index is 12.8. The van der Waals surface area contributed by atoms with Crippen LogP contribution in [-0.2, 0) is 44.6 Å². The first-order valence-corrected chi connectivity index (χ1v) is 33.7. The largest absolute Gasteiger partial charge is 0.444 e. The zero-order valence-electron chi connectivity index (χ0n) is 59.0. The standard InChI is InChI=1S/2C38H47N5O4.4H2S/c2*1-37(2,3)46-35(44)42-20-8-12-32(42)30-23-28-19-16-26(22-29(28)40-30)11-7-10-25-14-17-27(18-15-25)31-24-39-34(41-31)33-13-9-21-43(33)36(45)47-38(4,5)6;;;;/h7,11,14-19,22,24,32-33H,8-10,12-13,20-21,23H2,1-6H3,(H,39,41);7,10,14-19,22,24,32-33H,8-9,11-13,20-21,23H2,1-6H3,(H,39,41);4*1H2/t2*32-,33?;;;;/m00..../s1. The van der Waals surface area contributed by atoms with Gasteiger partial charge in [0.25, 0.3) is 0 Å². The molecule has 2 N–H and O–H groups in total. The van der Waals surface area contributed by atoms with E-state index in [4.69, 9.17) is 28.9 Å². The lowest BCUT2D eigenvalue weighted by molar-refractivity contribution is 0.0208. The summed E-state index contributed by atoms with van der Waals surface area (Å²) in [5, 5.41) is 0. The van der Waals surface area contributed by atoms with Crippen LogP contribution in [0.4, 0.5) is 30.6 Å². The minimum absolute atomic E-state index is 0. The third kappa shape index (κ3) is 20.0. The van der Waals surface area contributed by atoms with Crippen molar-refractivity contribution in [3.05, 3.63) is 155 Å². The summed E-state index contributed by atoms with van der Waals surface area (Å²) < 4.78 is 22.6. The second-order valence-corrected chi connectivity index (χ2v) is 29.6. The molecule has 0 bridgehead atoms. The molecule has 8 heterocycles. The lowest BCUT2D eigenvalue weighted by Gasteiger charge is -2.28. The van der Waals surface area contributed by atoms with Gasteiger partial charge in [-0.25, -0.2) is 29.1 Å². The second-order valence-electron chi connectivity index (χ2n) is 29.6. The highest BCUT2D eigenvalue weighted by atomic mass is 32.1. The van der Waals surface area contributed by atoms with Crippen LogP contribution in [0.3, 0.4) is 0 Å². The number of fused-ring (bicyclic) bond motifs is 2. The molecule has 0 spiro atoms. The first kappa shape index (κ1) is 77.9. The highest BCUT2D eigenvalue weighted by Crippen LogP contribution is 2.38. The SMILES string of the molecule is CC(C)(C)OC(=O)N1CCCC1c1ncc(-c2ccc(C=CCc3ccc4c(c3)N=C([C@@H]3CCCN3C(=O)OC(C)(C)C)C4)cc2)[nH]1.CC(C)(C)OC(=O)N1CCCC1c1ncc(-c2ccc(CC=Cc3ccc4c(c3)N=C([C@@H]3CCCN3C(=O)OC(C)(C)C)C4)cc2)[nH]1.S.S.S.S. The molecule has 18 nitrogen and oxygen atoms in total. The molecule has 6 aliphatic heterocycles. The Morgan fingerprint density at radius 2 is 0.776 bits per heavy atom. The minimum atomic E-state index is -0.530. The number of aliphatic imine (C=N–C) groups is 2. The molecule has 6 aliphatic rings. The van der Waals surface area contributed by atoms with Crippen LogP contribution in [0.2, 0.25) is 0 Å². The van der Waals surface area contributed by atoms with E-state index in [1.54, 1.807) is 9.80 Å². The Bertz CT molecular complexity index is 3870. The van der Waals surface area contributed by atoms with Gasteiger partial charge in [-0.1, -0.05) is 97.1 Å². The van der Waals surface area contributed by atoms with Crippen LogP contribution < -0.4 is 0 Å². The number of nitrogens with one attached hydrogen (secondary N) is 2. The quantitative estimate of drug-likeness (QED) is 0.111. The Labute approximate surface area is 607 Å². The van der Waals surface area contributed by atoms with Gasteiger partial charge in [0, 0.05) is 50.4 Å². The van der Waals surface area contributed by atoms with Crippen molar-refractivity contribution in [1.82, 2.24) is 39.5 Å². The fourth-order valence-electron chi connectivity index (χ4n) is 13.1. The van der Waals surface area contributed by atoms with E-state index in [9.17, 15) is 19.2 Å². The Morgan fingerprint density at radius 1 is 0.439 bits per heavy atom. The normalized spacial score (nSPS) is 18.9. The molecule has 6 aromatic rings. The van der Waals surface area contributed by atoms with Gasteiger partial charge in [0.05, 0.1) is 59.3 Å². The number of imidazole rings is 2. The highest BCUT2D eigenvalue weighted by molar-refractivity contribution is 7.59. The summed E-state index contributed by atoms with van der Waals surface area (Å²) in [5.74, 6) is 1.59. The van der Waals surface area contributed by atoms with Gasteiger partial charge in [-0.2, -0.15) is 54.0 Å². The fraction of sp³-hybridized carbons (Fsp3) is 0.474. The van der Waals surface area contributed by atoms with E-state index in [0.29, 0.717) is 26.2 Å². The molecule has 0 aliphatic carbocycles. The third-order valence-electron chi connectivity index (χ3n) is 17.5. The minimum Gasteiger partial charge on any atom is -0.444 e. The lowest BCUT2D eigenvalue weighted by Crippen LogP contribution is -2.43. The van der Waals surface area contributed by atoms with Crippen LogP contribution in [0.1, 0.15) is 192 Å². The number of carbonyl (C=O) groups is 4. The Kier molecular flexibility index (Phi) is 26.0. The predicted molar refractivity (Wildman–Crippen MR) is 411 cm³/mol. The van der Waals surface area contributed by atoms with Gasteiger partial charge in [0.2, 0.25) is 0 Å². The van der Waals surface area contributed by atoms with E-state index in [1.807, 2.05) is 105 Å². The number of likely N-dealkylation sites (tertiary alicyclic amines) is 4. The van der Waals surface area contributed by atoms with Crippen LogP contribution in [0, 0.1) is 0 Å². The summed E-state index contributed by atoms with van der Waals surface area (Å²) in [6.07, 6.45) is 21.8. The molecule has 4 saturated heterocycles. The molecule has 12 rings (SSSR count). The van der Waals surface area contributed by atoms with Gasteiger partial charge < -0.3 is 28.9 Å². The average molecular weight is 1410 g/mol. The van der Waals surface area contributed by atoms with E-state index in [2.05, 4.69) is 129 Å². The highest BCUT2D eigenvalue weighted by Gasteiger charge is 2.40. The van der Waals surface area contributed by atoms with Crippen molar-refractivity contribution < 1.29 is 38.1 Å². The van der Waals surface area contributed by atoms with Gasteiger partial charge in [0.1, 0.15) is 34.1 Å². The molecule has 4 atom stereocenters. The van der Waals surface area contributed by atoms with Crippen molar-refractivity contribution in [2.24, 2.45) is 9.98 Å². The fourth-order valence-corrected chi connectivity index (χ4v) is 13.1. The average Bonchev–Trinajstić information content (AvgIpc) is 1.66. The summed E-state index contributed by atoms with van der Waals surface area (Å²) in [5.41, 5.74) is 13.1. The van der Waals surface area contributed by atoms with Crippen LogP contribution >= 0.6 is 54.0 Å². The van der Waals surface area contributed by atoms with Crippen molar-refractivity contribution in [2.75, 3.05) is 26.2 Å². The third-order valence-corrected chi connectivity index (χ3v) is 17.5. The smallest absolute Gasteiger partial charge is 0.410 e. The van der Waals surface area contributed by atoms with Crippen LogP contribution in [0.25, 0.3) is 34.7 Å². The molecule has 0 radical (unpaired) electrons. The number of aromatic nitrogens is 4. The van der Waals surface area contributed by atoms with E-state index in [-0.39, 0.29) is 103 Å². The van der Waals surface area contributed by atoms with Crippen LogP contribution in [-0.4, -0.2) is 136 Å². The maximum Gasteiger partial charge on any atom is 0.410 e. The van der Waals surface area contributed by atoms with E-state index < -0.39 is 22.4 Å². The Morgan fingerprint density at radius 3 is 1.19 bits per heavy atom. The van der Waals surface area contributed by atoms with Gasteiger partial charge in [-0.15, -0.1) is 0 Å². The molecule has 528 valence electrons. The topological polar surface area (TPSA) is 200 Å². The Hall–Kier alpha value is -7.40. The molecule has 0 saturated carbocycles. The number of hydrogen-bond donors (Lipinski definition) is 2. The number of H-pyrrole nitrogens is 2. The number of benzene rings is 4. The molecule has 2 unspecified atom stereocenters. The summed E-state index contributed by atoms with van der Waals surface area (Å²) in [4.78, 5) is 84.5. The summed E-state index contributed by atoms with van der Waals surface area (Å²) in [7, 11) is 0. The van der Waals surface area contributed by atoms with Crippen molar-refractivity contribution in [3.63, 3.8) is 0 Å². The van der Waals surface area contributed by atoms with E-state index >= 15 is 0 Å². The van der Waals surface area contributed by atoms with Gasteiger partial charge in [-0.05, 0) is 204 Å². The van der Waals surface area contributed by atoms with E-state index in [1.165, 1.54) is 22.3 Å². The van der Waals surface area contributed by atoms with Gasteiger partial charge >= 0.3 is 24.4 Å². The molecular weight excluding hydrogens is 1310 g/mol. The van der Waals surface area contributed by atoms with E-state index in [0.717, 1.165) is 145 Å². The molecule has 2 aromatic heterocycles. The van der Waals surface area contributed by atoms with Crippen molar-refractivity contribution in [2.45, 2.75) is 207 Å². The Balaban J connectivity index is 0.000000265. The molecule has 4 aromatic carbocycles. The summed E-state index contributed by atoms with van der Waals surface area (Å²) in [6.45, 7) is 25.5. The van der Waals surface area contributed by atoms with Crippen molar-refractivity contribution >= 4 is 113 Å². The summed E-state index contributed by atoms with van der Waals surface area (Å²) >= 11 is 0. The number of rotatable bonds is 12. The number of allylic oxidation sites excluding steroid dienone is 2. The molecule has 22 heteroatoms. The summed E-state index contributed by atoms with van der Waals surface area (Å²) in [6, 6.07) is 29.6. The van der Waals surface area contributed by atoms with Gasteiger partial charge in [0.15, 0.2) is 0 Å². The second kappa shape index (κ2) is 32.7. The number of aromatic amines is 2. The monoisotopic (exact) mass is 1410 g/mol. The number of ether oxygens (including phenoxy) is 4. The first-order valence-electron chi connectivity index (χ1n) is 33.7. The van der Waals surface area contributed by atoms with Crippen LogP contribution in [0.5, 0.6) is 0 Å². The molecule has 98 heavy (non-hydrogen) atoms. The number of amides is 4. The zero-order chi connectivity index (χ0) is 66.7. The maximum atomic E-state index is 12.8. The molecular formula is C76H102N10O8S4. The molecule has 4 fully saturated rings. The zero-order valence-corrected chi connectivity index (χ0v) is 63.0. The van der Waals surface area contributed by atoms with Crippen molar-refractivity contribution in [3.8, 4) is 22.5 Å². The first-order chi connectivity index (χ1) is 44.7. The predicted octanol–water partition coefficient (Wildman–Crippen LogP) is 17.3. The molecule has 4 amide bonds. The number of nitrogens with zero attached hydrogens (tertiary/aromatic N) is 8. The number of carbonyl (C=O) groups excluding carboxylic acids is 4. The van der Waals surface area contributed by atoms with Gasteiger partial charge in [-0.3, -0.25) is 29.6 Å². The van der Waals surface area contributed by atoms with Crippen LogP contribution in [0.15, 0.2) is 119 Å². The number of hydrogen-bond acceptors (Lipinski definition) is 12. The van der Waals surface area contributed by atoms with Crippen molar-refractivity contribution in [1.29, 1.82) is 0 Å².